The molecule has 3 aromatic rings. The van der Waals surface area contributed by atoms with Crippen molar-refractivity contribution >= 4 is 26.8 Å². The first-order chi connectivity index (χ1) is 9.47. The van der Waals surface area contributed by atoms with E-state index in [0.29, 0.717) is 16.7 Å². The van der Waals surface area contributed by atoms with Gasteiger partial charge >= 0.3 is 0 Å². The third-order valence-corrected chi connectivity index (χ3v) is 3.85. The van der Waals surface area contributed by atoms with Crippen molar-refractivity contribution in [3.8, 4) is 11.4 Å². The Bertz CT molecular complexity index is 879. The first kappa shape index (κ1) is 13.1. The third kappa shape index (κ3) is 1.96. The lowest BCUT2D eigenvalue weighted by Gasteiger charge is -2.09. The van der Waals surface area contributed by atoms with Gasteiger partial charge in [0.2, 0.25) is 0 Å². The second kappa shape index (κ2) is 4.56. The molecule has 0 saturated heterocycles. The minimum Gasteiger partial charge on any atom is -0.295 e. The highest BCUT2D eigenvalue weighted by atomic mass is 79.9. The summed E-state index contributed by atoms with van der Waals surface area (Å²) in [7, 11) is 3.56. The summed E-state index contributed by atoms with van der Waals surface area (Å²) >= 11 is 3.49. The molecule has 1 aromatic carbocycles. The van der Waals surface area contributed by atoms with E-state index in [0.717, 1.165) is 15.6 Å². The Balaban J connectivity index is 2.41. The van der Waals surface area contributed by atoms with Gasteiger partial charge in [0, 0.05) is 24.8 Å². The molecular formula is C14H13BrN4O. The molecule has 2 aromatic heterocycles. The van der Waals surface area contributed by atoms with Crippen LogP contribution in [-0.4, -0.2) is 19.3 Å². The van der Waals surface area contributed by atoms with Crippen molar-refractivity contribution in [3.63, 3.8) is 0 Å². The van der Waals surface area contributed by atoms with E-state index >= 15 is 0 Å². The summed E-state index contributed by atoms with van der Waals surface area (Å²) in [5.41, 5.74) is 2.47. The molecule has 0 N–H and O–H groups in total. The summed E-state index contributed by atoms with van der Waals surface area (Å²) in [5.74, 6) is 0.611. The number of hydrogen-bond donors (Lipinski definition) is 0. The summed E-state index contributed by atoms with van der Waals surface area (Å²) in [6.45, 7) is 1.96. The van der Waals surface area contributed by atoms with Crippen molar-refractivity contribution in [1.82, 2.24) is 19.3 Å². The Hall–Kier alpha value is -1.95. The minimum absolute atomic E-state index is 0.0572. The number of rotatable bonds is 1. The van der Waals surface area contributed by atoms with Crippen molar-refractivity contribution in [2.75, 3.05) is 0 Å². The lowest BCUT2D eigenvalue weighted by molar-refractivity contribution is 0.767. The summed E-state index contributed by atoms with van der Waals surface area (Å²) in [6, 6.07) is 3.82. The van der Waals surface area contributed by atoms with Crippen LogP contribution in [0.15, 0.2) is 33.8 Å². The largest absolute Gasteiger partial charge is 0.295 e. The van der Waals surface area contributed by atoms with Crippen molar-refractivity contribution in [1.29, 1.82) is 0 Å². The van der Waals surface area contributed by atoms with E-state index in [9.17, 15) is 4.79 Å². The molecule has 0 amide bonds. The van der Waals surface area contributed by atoms with E-state index < -0.39 is 0 Å². The number of benzene rings is 1. The number of fused-ring (bicyclic) bond motifs is 1. The van der Waals surface area contributed by atoms with E-state index in [-0.39, 0.29) is 5.56 Å². The highest BCUT2D eigenvalue weighted by Crippen LogP contribution is 2.24. The second-order valence-electron chi connectivity index (χ2n) is 4.85. The molecule has 0 unspecified atom stereocenters. The fourth-order valence-corrected chi connectivity index (χ4v) is 2.93. The van der Waals surface area contributed by atoms with Crippen LogP contribution in [0.3, 0.4) is 0 Å². The van der Waals surface area contributed by atoms with E-state index in [1.54, 1.807) is 22.5 Å². The quantitative estimate of drug-likeness (QED) is 0.687. The van der Waals surface area contributed by atoms with Gasteiger partial charge in [0.1, 0.15) is 5.82 Å². The Labute approximate surface area is 124 Å². The molecule has 0 radical (unpaired) electrons. The molecule has 0 aliphatic heterocycles. The van der Waals surface area contributed by atoms with Crippen LogP contribution in [0.25, 0.3) is 22.3 Å². The van der Waals surface area contributed by atoms with Crippen molar-refractivity contribution in [2.45, 2.75) is 6.92 Å². The molecule has 3 rings (SSSR count). The lowest BCUT2D eigenvalue weighted by atomic mass is 10.1. The summed E-state index contributed by atoms with van der Waals surface area (Å²) in [6.07, 6.45) is 3.55. The molecule has 0 bridgehead atoms. The highest BCUT2D eigenvalue weighted by molar-refractivity contribution is 9.10. The molecular weight excluding hydrogens is 320 g/mol. The molecule has 2 heterocycles. The highest BCUT2D eigenvalue weighted by Gasteiger charge is 2.13. The Kier molecular flexibility index (Phi) is 2.97. The number of nitrogens with zero attached hydrogens (tertiary/aromatic N) is 4. The molecule has 102 valence electrons. The average molecular weight is 333 g/mol. The maximum Gasteiger partial charge on any atom is 0.261 e. The van der Waals surface area contributed by atoms with Crippen molar-refractivity contribution in [3.05, 3.63) is 44.9 Å². The first-order valence-corrected chi connectivity index (χ1v) is 6.92. The van der Waals surface area contributed by atoms with Gasteiger partial charge in [0.15, 0.2) is 0 Å². The van der Waals surface area contributed by atoms with Crippen molar-refractivity contribution in [2.24, 2.45) is 14.1 Å². The average Bonchev–Trinajstić information content (AvgIpc) is 2.81. The van der Waals surface area contributed by atoms with E-state index in [1.165, 1.54) is 0 Å². The van der Waals surface area contributed by atoms with Gasteiger partial charge in [-0.25, -0.2) is 4.98 Å². The predicted molar refractivity (Wildman–Crippen MR) is 81.6 cm³/mol. The fourth-order valence-electron chi connectivity index (χ4n) is 2.26. The Morgan fingerprint density at radius 1 is 1.25 bits per heavy atom. The van der Waals surface area contributed by atoms with Crippen LogP contribution in [0.2, 0.25) is 0 Å². The maximum atomic E-state index is 12.5. The fraction of sp³-hybridized carbons (Fsp3) is 0.214. The number of aromatic nitrogens is 4. The Morgan fingerprint density at radius 3 is 2.65 bits per heavy atom. The number of halogens is 1. The van der Waals surface area contributed by atoms with Gasteiger partial charge in [-0.1, -0.05) is 0 Å². The van der Waals surface area contributed by atoms with E-state index in [1.807, 2.05) is 32.3 Å². The van der Waals surface area contributed by atoms with Gasteiger partial charge in [-0.15, -0.1) is 0 Å². The van der Waals surface area contributed by atoms with Crippen LogP contribution < -0.4 is 5.56 Å². The number of hydrogen-bond acceptors (Lipinski definition) is 3. The van der Waals surface area contributed by atoms with Crippen LogP contribution in [0.5, 0.6) is 0 Å². The van der Waals surface area contributed by atoms with Crippen LogP contribution in [0.1, 0.15) is 5.56 Å². The lowest BCUT2D eigenvalue weighted by Crippen LogP contribution is -2.20. The minimum atomic E-state index is -0.0572. The molecule has 0 saturated carbocycles. The molecule has 6 heteroatoms. The predicted octanol–water partition coefficient (Wildman–Crippen LogP) is 2.40. The van der Waals surface area contributed by atoms with Gasteiger partial charge in [-0.2, -0.15) is 5.10 Å². The van der Waals surface area contributed by atoms with Gasteiger partial charge in [0.25, 0.3) is 5.56 Å². The SMILES string of the molecule is Cc1cc(Br)c2nc(-c3cnn(C)c3)n(C)c(=O)c2c1. The van der Waals surface area contributed by atoms with Gasteiger partial charge in [-0.05, 0) is 40.5 Å². The van der Waals surface area contributed by atoms with Crippen molar-refractivity contribution < 1.29 is 0 Å². The van der Waals surface area contributed by atoms with Crippen LogP contribution >= 0.6 is 15.9 Å². The van der Waals surface area contributed by atoms with E-state index in [2.05, 4.69) is 26.0 Å². The standard InChI is InChI=1S/C14H13BrN4O/c1-8-4-10-12(11(15)5-8)17-13(19(3)14(10)20)9-6-16-18(2)7-9/h4-7H,1-3H3. The zero-order chi connectivity index (χ0) is 14.4. The Morgan fingerprint density at radius 2 is 2.00 bits per heavy atom. The maximum absolute atomic E-state index is 12.5. The van der Waals surface area contributed by atoms with E-state index in [4.69, 9.17) is 0 Å². The monoisotopic (exact) mass is 332 g/mol. The number of aryl methyl sites for hydroxylation is 2. The zero-order valence-electron chi connectivity index (χ0n) is 11.4. The second-order valence-corrected chi connectivity index (χ2v) is 5.70. The van der Waals surface area contributed by atoms with Gasteiger partial charge < -0.3 is 0 Å². The molecule has 0 spiro atoms. The van der Waals surface area contributed by atoms with Gasteiger partial charge in [-0.3, -0.25) is 14.0 Å². The summed E-state index contributed by atoms with van der Waals surface area (Å²) in [5, 5.41) is 4.75. The molecule has 5 nitrogen and oxygen atoms in total. The molecule has 0 aliphatic rings. The molecule has 0 atom stereocenters. The first-order valence-electron chi connectivity index (χ1n) is 6.13. The normalized spacial score (nSPS) is 11.2. The van der Waals surface area contributed by atoms with Crippen LogP contribution in [-0.2, 0) is 14.1 Å². The molecule has 0 fully saturated rings. The molecule has 20 heavy (non-hydrogen) atoms. The topological polar surface area (TPSA) is 52.7 Å². The zero-order valence-corrected chi connectivity index (χ0v) is 13.0. The third-order valence-electron chi connectivity index (χ3n) is 3.24. The summed E-state index contributed by atoms with van der Waals surface area (Å²) < 4.78 is 4.08. The molecule has 0 aliphatic carbocycles. The van der Waals surface area contributed by atoms with Crippen LogP contribution in [0.4, 0.5) is 0 Å². The van der Waals surface area contributed by atoms with Crippen LogP contribution in [0, 0.1) is 6.92 Å². The van der Waals surface area contributed by atoms with Gasteiger partial charge in [0.05, 0.1) is 22.7 Å². The summed E-state index contributed by atoms with van der Waals surface area (Å²) in [4.78, 5) is 17.1. The smallest absolute Gasteiger partial charge is 0.261 e.